The Morgan fingerprint density at radius 1 is 1.53 bits per heavy atom. The van der Waals surface area contributed by atoms with Gasteiger partial charge in [0.15, 0.2) is 0 Å². The first kappa shape index (κ1) is 11.9. The van der Waals surface area contributed by atoms with E-state index in [-0.39, 0.29) is 17.5 Å². The minimum Gasteiger partial charge on any atom is -0.497 e. The lowest BCUT2D eigenvalue weighted by atomic mass is 10.1. The maximum absolute atomic E-state index is 13.6. The standard InChI is InChI=1S/C12H14FNO3/c1-14(8-6-17-7-8)12(15)10-5-9(16-2)3-4-11(10)13/h3-5,8H,6-7H2,1-2H3. The van der Waals surface area contributed by atoms with Gasteiger partial charge >= 0.3 is 0 Å². The van der Waals surface area contributed by atoms with Gasteiger partial charge in [0.25, 0.3) is 5.91 Å². The molecule has 0 aliphatic carbocycles. The lowest BCUT2D eigenvalue weighted by Crippen LogP contribution is -2.49. The van der Waals surface area contributed by atoms with Crippen molar-refractivity contribution < 1.29 is 18.7 Å². The molecule has 0 aromatic heterocycles. The predicted molar refractivity (Wildman–Crippen MR) is 59.7 cm³/mol. The van der Waals surface area contributed by atoms with E-state index in [0.29, 0.717) is 19.0 Å². The zero-order valence-electron chi connectivity index (χ0n) is 9.77. The van der Waals surface area contributed by atoms with Crippen LogP contribution in [0.2, 0.25) is 0 Å². The highest BCUT2D eigenvalue weighted by molar-refractivity contribution is 5.95. The van der Waals surface area contributed by atoms with Crippen LogP contribution in [0.1, 0.15) is 10.4 Å². The van der Waals surface area contributed by atoms with Crippen LogP contribution in [0.25, 0.3) is 0 Å². The number of halogens is 1. The van der Waals surface area contributed by atoms with Crippen molar-refractivity contribution in [3.05, 3.63) is 29.6 Å². The Morgan fingerprint density at radius 2 is 2.24 bits per heavy atom. The molecule has 0 spiro atoms. The average molecular weight is 239 g/mol. The maximum Gasteiger partial charge on any atom is 0.257 e. The largest absolute Gasteiger partial charge is 0.497 e. The third-order valence-corrected chi connectivity index (χ3v) is 2.89. The van der Waals surface area contributed by atoms with Gasteiger partial charge in [0.1, 0.15) is 11.6 Å². The first-order valence-corrected chi connectivity index (χ1v) is 5.32. The minimum atomic E-state index is -0.539. The van der Waals surface area contributed by atoms with Crippen molar-refractivity contribution in [1.82, 2.24) is 4.90 Å². The molecule has 0 unspecified atom stereocenters. The van der Waals surface area contributed by atoms with Crippen molar-refractivity contribution in [3.8, 4) is 5.75 Å². The van der Waals surface area contributed by atoms with Crippen LogP contribution in [-0.2, 0) is 4.74 Å². The van der Waals surface area contributed by atoms with Crippen LogP contribution in [0.15, 0.2) is 18.2 Å². The minimum absolute atomic E-state index is 0.0266. The molecule has 0 N–H and O–H groups in total. The second-order valence-corrected chi connectivity index (χ2v) is 3.95. The van der Waals surface area contributed by atoms with E-state index >= 15 is 0 Å². The molecule has 1 amide bonds. The summed E-state index contributed by atoms with van der Waals surface area (Å²) in [5.74, 6) is -0.425. The van der Waals surface area contributed by atoms with Gasteiger partial charge in [-0.1, -0.05) is 0 Å². The fraction of sp³-hybridized carbons (Fsp3) is 0.417. The summed E-state index contributed by atoms with van der Waals surface area (Å²) in [4.78, 5) is 13.5. The van der Waals surface area contributed by atoms with E-state index < -0.39 is 5.82 Å². The Balaban J connectivity index is 2.22. The number of carbonyl (C=O) groups is 1. The molecule has 17 heavy (non-hydrogen) atoms. The average Bonchev–Trinajstić information content (AvgIpc) is 2.26. The molecule has 1 aliphatic rings. The molecular formula is C12H14FNO3. The van der Waals surface area contributed by atoms with Crippen LogP contribution in [0, 0.1) is 5.82 Å². The van der Waals surface area contributed by atoms with E-state index in [1.54, 1.807) is 7.05 Å². The van der Waals surface area contributed by atoms with E-state index in [4.69, 9.17) is 9.47 Å². The number of benzene rings is 1. The third kappa shape index (κ3) is 2.24. The van der Waals surface area contributed by atoms with Crippen LogP contribution < -0.4 is 4.74 Å². The summed E-state index contributed by atoms with van der Waals surface area (Å²) < 4.78 is 23.6. The van der Waals surface area contributed by atoms with Crippen LogP contribution in [0.5, 0.6) is 5.75 Å². The van der Waals surface area contributed by atoms with Gasteiger partial charge in [0, 0.05) is 7.05 Å². The quantitative estimate of drug-likeness (QED) is 0.798. The predicted octanol–water partition coefficient (Wildman–Crippen LogP) is 1.31. The zero-order chi connectivity index (χ0) is 12.4. The number of likely N-dealkylation sites (N-methyl/N-ethyl adjacent to an activating group) is 1. The van der Waals surface area contributed by atoms with E-state index in [0.717, 1.165) is 0 Å². The smallest absolute Gasteiger partial charge is 0.257 e. The molecule has 2 rings (SSSR count). The van der Waals surface area contributed by atoms with E-state index in [9.17, 15) is 9.18 Å². The molecule has 5 heteroatoms. The van der Waals surface area contributed by atoms with Gasteiger partial charge in [0.2, 0.25) is 0 Å². The molecular weight excluding hydrogens is 225 g/mol. The first-order chi connectivity index (χ1) is 8.13. The second kappa shape index (κ2) is 4.71. The van der Waals surface area contributed by atoms with Crippen molar-refractivity contribution in [2.24, 2.45) is 0 Å². The molecule has 92 valence electrons. The Labute approximate surface area is 98.9 Å². The number of hydrogen-bond donors (Lipinski definition) is 0. The number of hydrogen-bond acceptors (Lipinski definition) is 3. The summed E-state index contributed by atoms with van der Waals surface area (Å²) in [6.45, 7) is 1.02. The highest BCUT2D eigenvalue weighted by atomic mass is 19.1. The van der Waals surface area contributed by atoms with Crippen molar-refractivity contribution in [2.45, 2.75) is 6.04 Å². The van der Waals surface area contributed by atoms with Gasteiger partial charge in [0.05, 0.1) is 31.9 Å². The summed E-state index contributed by atoms with van der Waals surface area (Å²) in [5, 5.41) is 0. The molecule has 0 atom stereocenters. The van der Waals surface area contributed by atoms with Crippen molar-refractivity contribution in [1.29, 1.82) is 0 Å². The van der Waals surface area contributed by atoms with Crippen molar-refractivity contribution in [2.75, 3.05) is 27.4 Å². The summed E-state index contributed by atoms with van der Waals surface area (Å²) in [7, 11) is 3.12. The topological polar surface area (TPSA) is 38.8 Å². The van der Waals surface area contributed by atoms with Crippen LogP contribution in [0.4, 0.5) is 4.39 Å². The lowest BCUT2D eigenvalue weighted by Gasteiger charge is -2.34. The molecule has 1 saturated heterocycles. The van der Waals surface area contributed by atoms with E-state index in [2.05, 4.69) is 0 Å². The third-order valence-electron chi connectivity index (χ3n) is 2.89. The molecule has 1 aromatic carbocycles. The van der Waals surface area contributed by atoms with Crippen LogP contribution in [0.3, 0.4) is 0 Å². The monoisotopic (exact) mass is 239 g/mol. The van der Waals surface area contributed by atoms with Gasteiger partial charge in [-0.05, 0) is 18.2 Å². The van der Waals surface area contributed by atoms with Gasteiger partial charge in [-0.3, -0.25) is 4.79 Å². The number of nitrogens with zero attached hydrogens (tertiary/aromatic N) is 1. The molecule has 0 saturated carbocycles. The molecule has 1 heterocycles. The summed E-state index contributed by atoms with van der Waals surface area (Å²) >= 11 is 0. The number of amides is 1. The fourth-order valence-electron chi connectivity index (χ4n) is 1.60. The normalized spacial score (nSPS) is 15.2. The van der Waals surface area contributed by atoms with Gasteiger partial charge in [-0.15, -0.1) is 0 Å². The Morgan fingerprint density at radius 3 is 2.76 bits per heavy atom. The highest BCUT2D eigenvalue weighted by Gasteiger charge is 2.28. The summed E-state index contributed by atoms with van der Waals surface area (Å²) in [5.41, 5.74) is 0.0266. The number of carbonyl (C=O) groups excluding carboxylic acids is 1. The number of ether oxygens (including phenoxy) is 2. The van der Waals surface area contributed by atoms with Crippen molar-refractivity contribution in [3.63, 3.8) is 0 Å². The molecule has 0 bridgehead atoms. The summed E-state index contributed by atoms with van der Waals surface area (Å²) in [6.07, 6.45) is 0. The van der Waals surface area contributed by atoms with Gasteiger partial charge in [-0.25, -0.2) is 4.39 Å². The number of methoxy groups -OCH3 is 1. The lowest BCUT2D eigenvalue weighted by molar-refractivity contribution is -0.0469. The SMILES string of the molecule is COc1ccc(F)c(C(=O)N(C)C2COC2)c1. The highest BCUT2D eigenvalue weighted by Crippen LogP contribution is 2.20. The van der Waals surface area contributed by atoms with Crippen LogP contribution in [-0.4, -0.2) is 44.2 Å². The van der Waals surface area contributed by atoms with Crippen LogP contribution >= 0.6 is 0 Å². The molecule has 4 nitrogen and oxygen atoms in total. The molecule has 1 fully saturated rings. The molecule has 0 radical (unpaired) electrons. The Hall–Kier alpha value is -1.62. The van der Waals surface area contributed by atoms with E-state index in [1.807, 2.05) is 0 Å². The second-order valence-electron chi connectivity index (χ2n) is 3.95. The Kier molecular flexibility index (Phi) is 3.28. The molecule has 1 aliphatic heterocycles. The van der Waals surface area contributed by atoms with Gasteiger partial charge < -0.3 is 14.4 Å². The summed E-state index contributed by atoms with van der Waals surface area (Å²) in [6, 6.07) is 4.16. The van der Waals surface area contributed by atoms with Gasteiger partial charge in [-0.2, -0.15) is 0 Å². The van der Waals surface area contributed by atoms with Crippen molar-refractivity contribution >= 4 is 5.91 Å². The zero-order valence-corrected chi connectivity index (χ0v) is 9.77. The maximum atomic E-state index is 13.6. The molecule has 1 aromatic rings. The fourth-order valence-corrected chi connectivity index (χ4v) is 1.60. The van der Waals surface area contributed by atoms with E-state index in [1.165, 1.54) is 30.2 Å². The number of rotatable bonds is 3. The Bertz CT molecular complexity index is 432. The first-order valence-electron chi connectivity index (χ1n) is 5.32.